The van der Waals surface area contributed by atoms with Gasteiger partial charge in [-0.3, -0.25) is 4.98 Å². The molecular weight excluding hydrogens is 321 g/mol. The molecule has 4 rings (SSSR count). The zero-order valence-corrected chi connectivity index (χ0v) is 13.5. The van der Waals surface area contributed by atoms with Gasteiger partial charge in [-0.15, -0.1) is 10.2 Å². The normalized spacial score (nSPS) is 19.4. The highest BCUT2D eigenvalue weighted by atomic mass is 19.1. The fourth-order valence-electron chi connectivity index (χ4n) is 3.01. The Labute approximate surface area is 143 Å². The van der Waals surface area contributed by atoms with E-state index in [9.17, 15) is 9.50 Å². The molecule has 0 saturated carbocycles. The first kappa shape index (κ1) is 15.4. The number of aromatic nitrogens is 4. The minimum atomic E-state index is -1.02. The molecule has 2 aromatic heterocycles. The Hall–Kier alpha value is -3.09. The van der Waals surface area contributed by atoms with Gasteiger partial charge in [-0.05, 0) is 30.0 Å². The second-order valence-electron chi connectivity index (χ2n) is 6.02. The summed E-state index contributed by atoms with van der Waals surface area (Å²) in [5, 5.41) is 20.3. The van der Waals surface area contributed by atoms with Gasteiger partial charge < -0.3 is 10.0 Å². The fraction of sp³-hybridized carbons (Fsp3) is 0.222. The summed E-state index contributed by atoms with van der Waals surface area (Å²) in [6.45, 7) is 0. The van der Waals surface area contributed by atoms with Gasteiger partial charge in [0.15, 0.2) is 11.6 Å². The molecule has 0 saturated heterocycles. The molecule has 2 atom stereocenters. The molecule has 1 aromatic carbocycles. The van der Waals surface area contributed by atoms with Crippen LogP contribution >= 0.6 is 0 Å². The lowest BCUT2D eigenvalue weighted by atomic mass is 10.1. The van der Waals surface area contributed by atoms with Crippen LogP contribution in [0.25, 0.3) is 22.2 Å². The van der Waals surface area contributed by atoms with Crippen molar-refractivity contribution in [2.75, 3.05) is 11.9 Å². The Morgan fingerprint density at radius 2 is 2.08 bits per heavy atom. The summed E-state index contributed by atoms with van der Waals surface area (Å²) in [4.78, 5) is 10.1. The molecule has 0 radical (unpaired) electrons. The molecule has 1 aliphatic rings. The van der Waals surface area contributed by atoms with Crippen LogP contribution < -0.4 is 4.90 Å². The van der Waals surface area contributed by atoms with Crippen molar-refractivity contribution in [1.82, 2.24) is 20.2 Å². The number of pyridine rings is 1. The summed E-state index contributed by atoms with van der Waals surface area (Å²) in [5.74, 6) is 0.867. The van der Waals surface area contributed by atoms with E-state index >= 15 is 0 Å². The highest BCUT2D eigenvalue weighted by molar-refractivity contribution is 5.88. The minimum absolute atomic E-state index is 0.0622. The van der Waals surface area contributed by atoms with Crippen LogP contribution in [-0.2, 0) is 0 Å². The summed E-state index contributed by atoms with van der Waals surface area (Å²) < 4.78 is 13.8. The van der Waals surface area contributed by atoms with Gasteiger partial charge in [-0.2, -0.15) is 0 Å². The molecule has 0 aliphatic heterocycles. The zero-order chi connectivity index (χ0) is 17.4. The first-order valence-electron chi connectivity index (χ1n) is 7.94. The smallest absolute Gasteiger partial charge is 0.185 e. The molecule has 0 spiro atoms. The monoisotopic (exact) mass is 337 g/mol. The molecular formula is C18H16FN5O. The van der Waals surface area contributed by atoms with Crippen molar-refractivity contribution in [2.24, 2.45) is 0 Å². The Kier molecular flexibility index (Phi) is 3.76. The van der Waals surface area contributed by atoms with Gasteiger partial charge in [-0.1, -0.05) is 12.2 Å². The largest absolute Gasteiger partial charge is 0.507 e. The van der Waals surface area contributed by atoms with E-state index in [1.54, 1.807) is 48.7 Å². The van der Waals surface area contributed by atoms with E-state index in [0.717, 1.165) is 10.8 Å². The average molecular weight is 337 g/mol. The van der Waals surface area contributed by atoms with E-state index < -0.39 is 6.17 Å². The number of benzene rings is 1. The molecule has 1 N–H and O–H groups in total. The summed E-state index contributed by atoms with van der Waals surface area (Å²) in [7, 11) is 1.77. The first-order chi connectivity index (χ1) is 12.1. The van der Waals surface area contributed by atoms with Gasteiger partial charge in [0, 0.05) is 24.8 Å². The number of phenols is 1. The number of hydrogen-bond acceptors (Lipinski definition) is 6. The predicted octanol–water partition coefficient (Wildman–Crippen LogP) is 2.90. The maximum atomic E-state index is 13.8. The molecule has 0 unspecified atom stereocenters. The van der Waals surface area contributed by atoms with Crippen LogP contribution in [0.3, 0.4) is 0 Å². The third-order valence-corrected chi connectivity index (χ3v) is 4.47. The number of alkyl halides is 1. The van der Waals surface area contributed by atoms with E-state index in [1.807, 2.05) is 12.1 Å². The Bertz CT molecular complexity index is 944. The lowest BCUT2D eigenvalue weighted by Gasteiger charge is -2.26. The Morgan fingerprint density at radius 3 is 2.80 bits per heavy atom. The Morgan fingerprint density at radius 1 is 1.20 bits per heavy atom. The van der Waals surface area contributed by atoms with Crippen molar-refractivity contribution in [2.45, 2.75) is 18.6 Å². The second kappa shape index (κ2) is 6.08. The maximum Gasteiger partial charge on any atom is 0.185 e. The number of nitrogens with zero attached hydrogens (tertiary/aromatic N) is 5. The van der Waals surface area contributed by atoms with Crippen molar-refractivity contribution in [3.05, 3.63) is 48.9 Å². The third kappa shape index (κ3) is 2.77. The van der Waals surface area contributed by atoms with E-state index in [0.29, 0.717) is 23.6 Å². The van der Waals surface area contributed by atoms with E-state index in [-0.39, 0.29) is 11.8 Å². The van der Waals surface area contributed by atoms with Crippen molar-refractivity contribution in [1.29, 1.82) is 0 Å². The minimum Gasteiger partial charge on any atom is -0.507 e. The lowest BCUT2D eigenvalue weighted by molar-refractivity contribution is 0.348. The van der Waals surface area contributed by atoms with E-state index in [2.05, 4.69) is 20.2 Å². The highest BCUT2D eigenvalue weighted by Gasteiger charge is 2.27. The van der Waals surface area contributed by atoms with E-state index in [1.165, 1.54) is 0 Å². The van der Waals surface area contributed by atoms with Gasteiger partial charge in [0.05, 0.1) is 17.8 Å². The molecule has 6 nitrogen and oxygen atoms in total. The van der Waals surface area contributed by atoms with Crippen LogP contribution in [0.5, 0.6) is 5.75 Å². The first-order valence-corrected chi connectivity index (χ1v) is 7.94. The van der Waals surface area contributed by atoms with Crippen LogP contribution in [0.1, 0.15) is 6.42 Å². The number of rotatable bonds is 3. The SMILES string of the molecule is CN(c1cnc(-c2cc3ccncc3cc2O)nn1)[C@H]1CC=C[C@@H]1F. The zero-order valence-electron chi connectivity index (χ0n) is 13.5. The predicted molar refractivity (Wildman–Crippen MR) is 93.1 cm³/mol. The van der Waals surface area contributed by atoms with Gasteiger partial charge in [-0.25, -0.2) is 9.37 Å². The van der Waals surface area contributed by atoms with Gasteiger partial charge >= 0.3 is 0 Å². The number of aromatic hydroxyl groups is 1. The molecule has 0 fully saturated rings. The number of fused-ring (bicyclic) bond motifs is 1. The van der Waals surface area contributed by atoms with Crippen LogP contribution in [-0.4, -0.2) is 44.5 Å². The summed E-state index contributed by atoms with van der Waals surface area (Å²) in [6.07, 6.45) is 7.89. The number of hydrogen-bond donors (Lipinski definition) is 1. The molecule has 1 aliphatic carbocycles. The molecule has 0 bridgehead atoms. The Balaban J connectivity index is 1.65. The van der Waals surface area contributed by atoms with Crippen LogP contribution in [0.15, 0.2) is 48.9 Å². The van der Waals surface area contributed by atoms with E-state index in [4.69, 9.17) is 0 Å². The number of anilines is 1. The number of halogens is 1. The van der Waals surface area contributed by atoms with Crippen molar-refractivity contribution >= 4 is 16.6 Å². The van der Waals surface area contributed by atoms with Crippen molar-refractivity contribution in [3.8, 4) is 17.1 Å². The standard InChI is InChI=1S/C18H16FN5O/c1-24(15-4-2-3-14(15)19)17-10-21-18(23-22-17)13-7-11-5-6-20-9-12(11)8-16(13)25/h2-3,5-10,14-15,25H,4H2,1H3/t14-,15-/m0/s1. The van der Waals surface area contributed by atoms with Crippen molar-refractivity contribution < 1.29 is 9.50 Å². The lowest BCUT2D eigenvalue weighted by Crippen LogP contribution is -2.36. The topological polar surface area (TPSA) is 75.0 Å². The average Bonchev–Trinajstić information content (AvgIpc) is 3.06. The molecule has 126 valence electrons. The van der Waals surface area contributed by atoms with Crippen molar-refractivity contribution in [3.63, 3.8) is 0 Å². The highest BCUT2D eigenvalue weighted by Crippen LogP contribution is 2.31. The molecule has 7 heteroatoms. The van der Waals surface area contributed by atoms with Crippen LogP contribution in [0, 0.1) is 0 Å². The molecule has 3 aromatic rings. The summed E-state index contributed by atoms with van der Waals surface area (Å²) >= 11 is 0. The molecule has 25 heavy (non-hydrogen) atoms. The molecule has 0 amide bonds. The summed E-state index contributed by atoms with van der Waals surface area (Å²) in [5.41, 5.74) is 0.492. The second-order valence-corrected chi connectivity index (χ2v) is 6.02. The third-order valence-electron chi connectivity index (χ3n) is 4.47. The van der Waals surface area contributed by atoms with Crippen LogP contribution in [0.4, 0.5) is 10.2 Å². The van der Waals surface area contributed by atoms with Gasteiger partial charge in [0.2, 0.25) is 0 Å². The fourth-order valence-corrected chi connectivity index (χ4v) is 3.01. The number of phenolic OH excluding ortho intramolecular Hbond substituents is 1. The van der Waals surface area contributed by atoms with Crippen LogP contribution in [0.2, 0.25) is 0 Å². The maximum absolute atomic E-state index is 13.8. The quantitative estimate of drug-likeness (QED) is 0.741. The molecule has 2 heterocycles. The van der Waals surface area contributed by atoms with Gasteiger partial charge in [0.25, 0.3) is 0 Å². The summed E-state index contributed by atoms with van der Waals surface area (Å²) in [6, 6.07) is 4.98. The van der Waals surface area contributed by atoms with Gasteiger partial charge in [0.1, 0.15) is 11.9 Å².